The van der Waals surface area contributed by atoms with E-state index in [4.69, 9.17) is 9.47 Å². The van der Waals surface area contributed by atoms with Gasteiger partial charge in [0.15, 0.2) is 0 Å². The molecule has 0 aliphatic heterocycles. The van der Waals surface area contributed by atoms with Gasteiger partial charge in [-0.1, -0.05) is 12.1 Å². The smallest absolute Gasteiger partial charge is 0.323 e. The lowest BCUT2D eigenvalue weighted by Crippen LogP contribution is -2.39. The third-order valence-corrected chi connectivity index (χ3v) is 3.28. The van der Waals surface area contributed by atoms with Crippen molar-refractivity contribution in [2.24, 2.45) is 5.92 Å². The molecule has 1 aromatic carbocycles. The molecule has 19 heavy (non-hydrogen) atoms. The second kappa shape index (κ2) is 6.57. The van der Waals surface area contributed by atoms with E-state index in [0.717, 1.165) is 24.2 Å². The van der Waals surface area contributed by atoms with Crippen LogP contribution >= 0.6 is 0 Å². The van der Waals surface area contributed by atoms with E-state index in [2.05, 4.69) is 5.32 Å². The Morgan fingerprint density at radius 3 is 2.89 bits per heavy atom. The van der Waals surface area contributed by atoms with Gasteiger partial charge in [-0.2, -0.15) is 0 Å². The maximum Gasteiger partial charge on any atom is 0.323 e. The molecule has 4 nitrogen and oxygen atoms in total. The van der Waals surface area contributed by atoms with E-state index >= 15 is 0 Å². The second-order valence-electron chi connectivity index (χ2n) is 4.80. The van der Waals surface area contributed by atoms with Crippen molar-refractivity contribution in [3.05, 3.63) is 29.8 Å². The first kappa shape index (κ1) is 13.9. The van der Waals surface area contributed by atoms with Crippen LogP contribution in [-0.2, 0) is 16.1 Å². The van der Waals surface area contributed by atoms with Gasteiger partial charge in [-0.05, 0) is 43.4 Å². The third-order valence-electron chi connectivity index (χ3n) is 3.28. The minimum absolute atomic E-state index is 0.163. The summed E-state index contributed by atoms with van der Waals surface area (Å²) in [4.78, 5) is 11.7. The fourth-order valence-corrected chi connectivity index (χ4v) is 2.14. The van der Waals surface area contributed by atoms with Crippen LogP contribution in [0.3, 0.4) is 0 Å². The van der Waals surface area contributed by atoms with Gasteiger partial charge in [-0.3, -0.25) is 4.79 Å². The largest absolute Gasteiger partial charge is 0.494 e. The number of methoxy groups -OCH3 is 1. The molecule has 0 aromatic heterocycles. The number of rotatable bonds is 7. The Morgan fingerprint density at radius 2 is 2.26 bits per heavy atom. The van der Waals surface area contributed by atoms with E-state index in [-0.39, 0.29) is 12.0 Å². The number of ether oxygens (including phenoxy) is 2. The van der Waals surface area contributed by atoms with Gasteiger partial charge in [0.1, 0.15) is 11.8 Å². The Morgan fingerprint density at radius 1 is 1.47 bits per heavy atom. The first-order valence-electron chi connectivity index (χ1n) is 6.77. The average molecular weight is 263 g/mol. The molecule has 1 aromatic rings. The van der Waals surface area contributed by atoms with E-state index in [0.29, 0.717) is 19.1 Å². The highest BCUT2D eigenvalue weighted by molar-refractivity contribution is 5.76. The average Bonchev–Trinajstić information content (AvgIpc) is 3.24. The Labute approximate surface area is 114 Å². The quantitative estimate of drug-likeness (QED) is 0.766. The van der Waals surface area contributed by atoms with Gasteiger partial charge >= 0.3 is 5.97 Å². The SMILES string of the molecule is CCOc1cccc(CNC(C(=O)OC)C2CC2)c1. The van der Waals surface area contributed by atoms with Crippen molar-refractivity contribution >= 4 is 5.97 Å². The molecule has 1 fully saturated rings. The molecule has 1 aliphatic rings. The van der Waals surface area contributed by atoms with Crippen LogP contribution in [0, 0.1) is 5.92 Å². The predicted octanol–water partition coefficient (Wildman–Crippen LogP) is 2.13. The van der Waals surface area contributed by atoms with Crippen LogP contribution in [-0.4, -0.2) is 25.7 Å². The number of nitrogens with one attached hydrogen (secondary N) is 1. The van der Waals surface area contributed by atoms with E-state index in [1.165, 1.54) is 7.11 Å². The molecule has 0 amide bonds. The minimum atomic E-state index is -0.180. The molecule has 0 heterocycles. The molecule has 1 N–H and O–H groups in total. The number of carbonyl (C=O) groups excluding carboxylic acids is 1. The highest BCUT2D eigenvalue weighted by Gasteiger charge is 2.36. The Hall–Kier alpha value is -1.55. The normalized spacial score (nSPS) is 15.9. The summed E-state index contributed by atoms with van der Waals surface area (Å²) < 4.78 is 10.3. The highest BCUT2D eigenvalue weighted by atomic mass is 16.5. The summed E-state index contributed by atoms with van der Waals surface area (Å²) in [5, 5.41) is 3.29. The van der Waals surface area contributed by atoms with Crippen LogP contribution in [0.4, 0.5) is 0 Å². The van der Waals surface area contributed by atoms with Gasteiger partial charge in [-0.15, -0.1) is 0 Å². The number of benzene rings is 1. The fourth-order valence-electron chi connectivity index (χ4n) is 2.14. The zero-order valence-corrected chi connectivity index (χ0v) is 11.5. The Balaban J connectivity index is 1.92. The number of esters is 1. The molecule has 104 valence electrons. The van der Waals surface area contributed by atoms with Crippen molar-refractivity contribution in [1.29, 1.82) is 0 Å². The van der Waals surface area contributed by atoms with E-state index in [1.54, 1.807) is 0 Å². The zero-order valence-electron chi connectivity index (χ0n) is 11.5. The molecule has 1 saturated carbocycles. The summed E-state index contributed by atoms with van der Waals surface area (Å²) >= 11 is 0. The Kier molecular flexibility index (Phi) is 4.80. The van der Waals surface area contributed by atoms with E-state index in [9.17, 15) is 4.79 Å². The van der Waals surface area contributed by atoms with Gasteiger partial charge in [0.2, 0.25) is 0 Å². The summed E-state index contributed by atoms with van der Waals surface area (Å²) in [5.74, 6) is 1.13. The zero-order chi connectivity index (χ0) is 13.7. The van der Waals surface area contributed by atoms with Crippen LogP contribution in [0.5, 0.6) is 5.75 Å². The topological polar surface area (TPSA) is 47.6 Å². The van der Waals surface area contributed by atoms with Crippen LogP contribution < -0.4 is 10.1 Å². The summed E-state index contributed by atoms with van der Waals surface area (Å²) in [5.41, 5.74) is 1.11. The molecule has 4 heteroatoms. The van der Waals surface area contributed by atoms with Gasteiger partial charge in [0.05, 0.1) is 13.7 Å². The minimum Gasteiger partial charge on any atom is -0.494 e. The maximum atomic E-state index is 11.7. The monoisotopic (exact) mass is 263 g/mol. The molecule has 1 atom stereocenters. The van der Waals surface area contributed by atoms with Crippen molar-refractivity contribution in [2.75, 3.05) is 13.7 Å². The van der Waals surface area contributed by atoms with E-state index in [1.807, 2.05) is 31.2 Å². The van der Waals surface area contributed by atoms with Crippen molar-refractivity contribution in [2.45, 2.75) is 32.4 Å². The Bertz CT molecular complexity index is 429. The van der Waals surface area contributed by atoms with Crippen molar-refractivity contribution < 1.29 is 14.3 Å². The van der Waals surface area contributed by atoms with Gasteiger partial charge in [0.25, 0.3) is 0 Å². The number of carbonyl (C=O) groups is 1. The number of hydrogen-bond acceptors (Lipinski definition) is 4. The maximum absolute atomic E-state index is 11.7. The lowest BCUT2D eigenvalue weighted by molar-refractivity contribution is -0.143. The molecule has 0 saturated heterocycles. The van der Waals surface area contributed by atoms with Crippen LogP contribution in [0.2, 0.25) is 0 Å². The molecular weight excluding hydrogens is 242 g/mol. The van der Waals surface area contributed by atoms with Crippen molar-refractivity contribution in [3.8, 4) is 5.75 Å². The van der Waals surface area contributed by atoms with Gasteiger partial charge in [0, 0.05) is 6.54 Å². The van der Waals surface area contributed by atoms with Crippen LogP contribution in [0.15, 0.2) is 24.3 Å². The first-order chi connectivity index (χ1) is 9.24. The highest BCUT2D eigenvalue weighted by Crippen LogP contribution is 2.33. The fraction of sp³-hybridized carbons (Fsp3) is 0.533. The van der Waals surface area contributed by atoms with E-state index < -0.39 is 0 Å². The predicted molar refractivity (Wildman–Crippen MR) is 73.0 cm³/mol. The second-order valence-corrected chi connectivity index (χ2v) is 4.80. The third kappa shape index (κ3) is 3.96. The number of hydrogen-bond donors (Lipinski definition) is 1. The molecule has 2 rings (SSSR count). The first-order valence-corrected chi connectivity index (χ1v) is 6.77. The molecular formula is C15H21NO3. The standard InChI is InChI=1S/C15H21NO3/c1-3-19-13-6-4-5-11(9-13)10-16-14(12-7-8-12)15(17)18-2/h4-6,9,12,14,16H,3,7-8,10H2,1-2H3. The van der Waals surface area contributed by atoms with Gasteiger partial charge in [-0.25, -0.2) is 0 Å². The van der Waals surface area contributed by atoms with Gasteiger partial charge < -0.3 is 14.8 Å². The summed E-state index contributed by atoms with van der Waals surface area (Å²) in [6.45, 7) is 3.27. The van der Waals surface area contributed by atoms with Crippen molar-refractivity contribution in [1.82, 2.24) is 5.32 Å². The summed E-state index contributed by atoms with van der Waals surface area (Å²) in [6, 6.07) is 7.74. The molecule has 0 radical (unpaired) electrons. The van der Waals surface area contributed by atoms with Crippen LogP contribution in [0.25, 0.3) is 0 Å². The molecule has 1 aliphatic carbocycles. The van der Waals surface area contributed by atoms with Crippen LogP contribution in [0.1, 0.15) is 25.3 Å². The molecule has 1 unspecified atom stereocenters. The lowest BCUT2D eigenvalue weighted by Gasteiger charge is -2.16. The molecule has 0 spiro atoms. The summed E-state index contributed by atoms with van der Waals surface area (Å²) in [6.07, 6.45) is 2.21. The van der Waals surface area contributed by atoms with Crippen molar-refractivity contribution in [3.63, 3.8) is 0 Å². The summed E-state index contributed by atoms with van der Waals surface area (Å²) in [7, 11) is 1.44. The molecule has 0 bridgehead atoms. The lowest BCUT2D eigenvalue weighted by atomic mass is 10.1.